The molecule has 0 saturated carbocycles. The Morgan fingerprint density at radius 1 is 1.35 bits per heavy atom. The summed E-state index contributed by atoms with van der Waals surface area (Å²) in [4.78, 5) is 13.9. The van der Waals surface area contributed by atoms with Gasteiger partial charge in [-0.1, -0.05) is 13.3 Å². The number of benzene rings is 1. The van der Waals surface area contributed by atoms with Crippen molar-refractivity contribution >= 4 is 11.7 Å². The Bertz CT molecular complexity index is 717. The number of aliphatic hydroxyl groups is 1. The number of rotatable bonds is 7. The lowest BCUT2D eigenvalue weighted by Gasteiger charge is -2.23. The molecule has 0 radical (unpaired) electrons. The molecule has 0 unspecified atom stereocenters. The summed E-state index contributed by atoms with van der Waals surface area (Å²) in [5, 5.41) is 15.6. The normalized spacial score (nSPS) is 11.4. The Balaban J connectivity index is 2.33. The van der Waals surface area contributed by atoms with Crippen LogP contribution in [0.2, 0.25) is 0 Å². The molecule has 0 saturated heterocycles. The first kappa shape index (κ1) is 19.8. The van der Waals surface area contributed by atoms with Gasteiger partial charge in [-0.25, -0.2) is 9.48 Å². The number of hydrogen-bond donors (Lipinski definition) is 2. The van der Waals surface area contributed by atoms with Gasteiger partial charge in [0.05, 0.1) is 23.5 Å². The van der Waals surface area contributed by atoms with Crippen molar-refractivity contribution in [3.05, 3.63) is 42.2 Å². The van der Waals surface area contributed by atoms with Crippen LogP contribution in [-0.2, 0) is 6.18 Å². The van der Waals surface area contributed by atoms with E-state index >= 15 is 0 Å². The van der Waals surface area contributed by atoms with Gasteiger partial charge in [-0.15, -0.1) is 0 Å². The number of carbonyl (C=O) groups excluding carboxylic acids is 1. The van der Waals surface area contributed by atoms with Crippen molar-refractivity contribution in [2.45, 2.75) is 25.9 Å². The fraction of sp³-hybridized carbons (Fsp3) is 0.412. The molecule has 2 aromatic rings. The zero-order chi connectivity index (χ0) is 19.2. The molecule has 6 nitrogen and oxygen atoms in total. The molecule has 142 valence electrons. The largest absolute Gasteiger partial charge is 0.416 e. The van der Waals surface area contributed by atoms with E-state index in [0.29, 0.717) is 12.2 Å². The van der Waals surface area contributed by atoms with Gasteiger partial charge in [0, 0.05) is 25.5 Å². The summed E-state index contributed by atoms with van der Waals surface area (Å²) in [5.74, 6) is 0. The number of unbranched alkanes of at least 4 members (excludes halogenated alkanes) is 1. The maximum Gasteiger partial charge on any atom is 0.416 e. The third-order valence-corrected chi connectivity index (χ3v) is 3.76. The van der Waals surface area contributed by atoms with Crippen molar-refractivity contribution in [3.63, 3.8) is 0 Å². The van der Waals surface area contributed by atoms with E-state index < -0.39 is 17.8 Å². The van der Waals surface area contributed by atoms with Crippen LogP contribution >= 0.6 is 0 Å². The predicted octanol–water partition coefficient (Wildman–Crippen LogP) is 3.52. The molecule has 0 bridgehead atoms. The van der Waals surface area contributed by atoms with Crippen LogP contribution in [0.15, 0.2) is 36.7 Å². The Labute approximate surface area is 149 Å². The van der Waals surface area contributed by atoms with E-state index in [1.807, 2.05) is 6.92 Å². The number of nitrogens with zero attached hydrogens (tertiary/aromatic N) is 3. The summed E-state index contributed by atoms with van der Waals surface area (Å²) in [7, 11) is 0. The van der Waals surface area contributed by atoms with Crippen molar-refractivity contribution in [2.75, 3.05) is 25.0 Å². The SMILES string of the molecule is CCCCN(CCO)C(=O)Nc1cc(C(F)(F)F)ccc1-n1cccn1. The molecule has 0 spiro atoms. The molecule has 2 N–H and O–H groups in total. The second-order valence-electron chi connectivity index (χ2n) is 5.67. The van der Waals surface area contributed by atoms with Gasteiger partial charge in [-0.2, -0.15) is 18.3 Å². The molecule has 1 heterocycles. The smallest absolute Gasteiger partial charge is 0.395 e. The van der Waals surface area contributed by atoms with Gasteiger partial charge in [-0.3, -0.25) is 0 Å². The molecule has 1 aromatic heterocycles. The maximum absolute atomic E-state index is 13.0. The Morgan fingerprint density at radius 3 is 2.69 bits per heavy atom. The van der Waals surface area contributed by atoms with Crippen molar-refractivity contribution in [1.82, 2.24) is 14.7 Å². The molecule has 0 atom stereocenters. The summed E-state index contributed by atoms with van der Waals surface area (Å²) >= 11 is 0. The first-order valence-electron chi connectivity index (χ1n) is 8.25. The minimum atomic E-state index is -4.53. The van der Waals surface area contributed by atoms with Crippen molar-refractivity contribution in [3.8, 4) is 5.69 Å². The van der Waals surface area contributed by atoms with E-state index in [0.717, 1.165) is 25.0 Å². The zero-order valence-corrected chi connectivity index (χ0v) is 14.3. The second kappa shape index (κ2) is 8.70. The first-order valence-corrected chi connectivity index (χ1v) is 8.25. The van der Waals surface area contributed by atoms with Gasteiger partial charge in [0.15, 0.2) is 0 Å². The standard InChI is InChI=1S/C17H21F3N4O2/c1-2-3-8-23(10-11-25)16(26)22-14-12-13(17(18,19)20)5-6-15(14)24-9-4-7-21-24/h4-7,9,12,25H,2-3,8,10-11H2,1H3,(H,22,26). The predicted molar refractivity (Wildman–Crippen MR) is 91.2 cm³/mol. The summed E-state index contributed by atoms with van der Waals surface area (Å²) in [6, 6.07) is 4.14. The summed E-state index contributed by atoms with van der Waals surface area (Å²) in [5.41, 5.74) is -0.560. The third-order valence-electron chi connectivity index (χ3n) is 3.76. The van der Waals surface area contributed by atoms with Gasteiger partial charge in [0.25, 0.3) is 0 Å². The average molecular weight is 370 g/mol. The quantitative estimate of drug-likeness (QED) is 0.783. The molecule has 0 fully saturated rings. The van der Waals surface area contributed by atoms with E-state index in [1.165, 1.54) is 21.8 Å². The first-order chi connectivity index (χ1) is 12.4. The third kappa shape index (κ3) is 4.98. The minimum absolute atomic E-state index is 0.00652. The van der Waals surface area contributed by atoms with Gasteiger partial charge >= 0.3 is 12.2 Å². The maximum atomic E-state index is 13.0. The van der Waals surface area contributed by atoms with E-state index in [-0.39, 0.29) is 18.8 Å². The van der Waals surface area contributed by atoms with Gasteiger partial charge in [-0.05, 0) is 30.7 Å². The van der Waals surface area contributed by atoms with Gasteiger partial charge in [0.2, 0.25) is 0 Å². The molecule has 9 heteroatoms. The van der Waals surface area contributed by atoms with Gasteiger partial charge < -0.3 is 15.3 Å². The van der Waals surface area contributed by atoms with Crippen LogP contribution < -0.4 is 5.32 Å². The number of aliphatic hydroxyl groups excluding tert-OH is 1. The fourth-order valence-corrected chi connectivity index (χ4v) is 2.40. The van der Waals surface area contributed by atoms with E-state index in [2.05, 4.69) is 10.4 Å². The Hall–Kier alpha value is -2.55. The Kier molecular flexibility index (Phi) is 6.62. The molecular weight excluding hydrogens is 349 g/mol. The number of hydrogen-bond acceptors (Lipinski definition) is 3. The highest BCUT2D eigenvalue weighted by Crippen LogP contribution is 2.33. The summed E-state index contributed by atoms with van der Waals surface area (Å²) in [6.45, 7) is 2.23. The van der Waals surface area contributed by atoms with Gasteiger partial charge in [0.1, 0.15) is 0 Å². The molecule has 0 aliphatic rings. The minimum Gasteiger partial charge on any atom is -0.395 e. The highest BCUT2D eigenvalue weighted by Gasteiger charge is 2.31. The number of carbonyl (C=O) groups is 1. The number of urea groups is 1. The number of alkyl halides is 3. The fourth-order valence-electron chi connectivity index (χ4n) is 2.40. The van der Waals surface area contributed by atoms with Crippen molar-refractivity contribution in [2.24, 2.45) is 0 Å². The highest BCUT2D eigenvalue weighted by molar-refractivity contribution is 5.91. The number of anilines is 1. The van der Waals surface area contributed by atoms with E-state index in [1.54, 1.807) is 12.3 Å². The lowest BCUT2D eigenvalue weighted by Crippen LogP contribution is -2.38. The molecule has 0 aliphatic carbocycles. The molecule has 1 aromatic carbocycles. The molecule has 2 rings (SSSR count). The summed E-state index contributed by atoms with van der Waals surface area (Å²) < 4.78 is 40.5. The number of amides is 2. The van der Waals surface area contributed by atoms with Crippen LogP contribution in [0, 0.1) is 0 Å². The van der Waals surface area contributed by atoms with Crippen LogP contribution in [0.5, 0.6) is 0 Å². The van der Waals surface area contributed by atoms with Crippen LogP contribution in [0.1, 0.15) is 25.3 Å². The number of nitrogens with one attached hydrogen (secondary N) is 1. The summed E-state index contributed by atoms with van der Waals surface area (Å²) in [6.07, 6.45) is 0.0951. The van der Waals surface area contributed by atoms with Crippen LogP contribution in [0.25, 0.3) is 5.69 Å². The number of halogens is 3. The lowest BCUT2D eigenvalue weighted by molar-refractivity contribution is -0.137. The second-order valence-corrected chi connectivity index (χ2v) is 5.67. The van der Waals surface area contributed by atoms with E-state index in [4.69, 9.17) is 5.11 Å². The van der Waals surface area contributed by atoms with Crippen molar-refractivity contribution in [1.29, 1.82) is 0 Å². The molecule has 0 aliphatic heterocycles. The molecular formula is C17H21F3N4O2. The van der Waals surface area contributed by atoms with Crippen molar-refractivity contribution < 1.29 is 23.1 Å². The zero-order valence-electron chi connectivity index (χ0n) is 14.3. The Morgan fingerprint density at radius 2 is 2.12 bits per heavy atom. The van der Waals surface area contributed by atoms with Crippen LogP contribution in [0.3, 0.4) is 0 Å². The molecule has 2 amide bonds. The lowest BCUT2D eigenvalue weighted by atomic mass is 10.1. The molecule has 26 heavy (non-hydrogen) atoms. The number of aromatic nitrogens is 2. The highest BCUT2D eigenvalue weighted by atomic mass is 19.4. The topological polar surface area (TPSA) is 70.4 Å². The van der Waals surface area contributed by atoms with Crippen LogP contribution in [0.4, 0.5) is 23.7 Å². The van der Waals surface area contributed by atoms with E-state index in [9.17, 15) is 18.0 Å². The monoisotopic (exact) mass is 370 g/mol. The average Bonchev–Trinajstić information content (AvgIpc) is 3.12. The van der Waals surface area contributed by atoms with Crippen LogP contribution in [-0.4, -0.2) is 45.5 Å².